The van der Waals surface area contributed by atoms with Crippen LogP contribution >= 0.6 is 0 Å². The van der Waals surface area contributed by atoms with Gasteiger partial charge in [-0.25, -0.2) is 8.78 Å². The molecule has 1 fully saturated rings. The maximum atomic E-state index is 13.7. The highest BCUT2D eigenvalue weighted by atomic mass is 19.4. The SMILES string of the molecule is O=C(O)C[C@H](NC(=O)CN1CCN(Cc2ccc(C(F)(F)F)o2)C(=O)C1)C(=O)COc1c(F)c(F)cc(F)c1F. The van der Waals surface area contributed by atoms with Crippen LogP contribution in [0, 0.1) is 23.3 Å². The van der Waals surface area contributed by atoms with Crippen molar-refractivity contribution in [3.05, 3.63) is 53.0 Å². The molecule has 0 aliphatic carbocycles. The van der Waals surface area contributed by atoms with Crippen molar-refractivity contribution in [2.24, 2.45) is 0 Å². The van der Waals surface area contributed by atoms with Crippen LogP contribution in [0.2, 0.25) is 0 Å². The third-order valence-corrected chi connectivity index (χ3v) is 5.59. The lowest BCUT2D eigenvalue weighted by Gasteiger charge is -2.33. The molecule has 2 N–H and O–H groups in total. The summed E-state index contributed by atoms with van der Waals surface area (Å²) in [6.07, 6.45) is -5.67. The Hall–Kier alpha value is -4.15. The van der Waals surface area contributed by atoms with Gasteiger partial charge in [-0.3, -0.25) is 24.1 Å². The smallest absolute Gasteiger partial charge is 0.449 e. The van der Waals surface area contributed by atoms with E-state index in [4.69, 9.17) is 9.52 Å². The average molecular weight is 583 g/mol. The van der Waals surface area contributed by atoms with E-state index in [0.717, 1.165) is 12.1 Å². The van der Waals surface area contributed by atoms with E-state index in [1.807, 2.05) is 0 Å². The van der Waals surface area contributed by atoms with Gasteiger partial charge >= 0.3 is 12.1 Å². The van der Waals surface area contributed by atoms with Crippen molar-refractivity contribution in [2.75, 3.05) is 32.8 Å². The lowest BCUT2D eigenvalue weighted by atomic mass is 10.1. The molecule has 10 nitrogen and oxygen atoms in total. The quantitative estimate of drug-likeness (QED) is 0.304. The van der Waals surface area contributed by atoms with Crippen LogP contribution in [-0.4, -0.2) is 77.3 Å². The predicted molar refractivity (Wildman–Crippen MR) is 117 cm³/mol. The molecule has 40 heavy (non-hydrogen) atoms. The third kappa shape index (κ3) is 7.71. The van der Waals surface area contributed by atoms with Crippen molar-refractivity contribution < 1.29 is 64.2 Å². The number of nitrogens with zero attached hydrogens (tertiary/aromatic N) is 2. The van der Waals surface area contributed by atoms with E-state index in [9.17, 15) is 49.9 Å². The Labute approximate surface area is 220 Å². The molecule has 2 heterocycles. The molecule has 0 bridgehead atoms. The van der Waals surface area contributed by atoms with E-state index in [1.54, 1.807) is 0 Å². The number of carboxylic acids is 1. The number of carbonyl (C=O) groups is 4. The third-order valence-electron chi connectivity index (χ3n) is 5.59. The molecule has 17 heteroatoms. The van der Waals surface area contributed by atoms with Crippen molar-refractivity contribution in [3.8, 4) is 5.75 Å². The number of rotatable bonds is 11. The second kappa shape index (κ2) is 12.4. The standard InChI is InChI=1S/C23H20F7N3O7/c24-12-5-13(25)21(27)22(20(12)26)39-10-15(34)14(6-19(37)38)31-17(35)8-32-3-4-33(18(36)9-32)7-11-1-2-16(40-11)23(28,29)30/h1-2,5,14H,3-4,6-10H2,(H,31,35)(H,37,38)/t14-/m0/s1. The van der Waals surface area contributed by atoms with Crippen LogP contribution in [0.1, 0.15) is 17.9 Å². The Morgan fingerprint density at radius 2 is 1.73 bits per heavy atom. The molecule has 0 saturated carbocycles. The number of furan rings is 1. The summed E-state index contributed by atoms with van der Waals surface area (Å²) < 4.78 is 101. The molecule has 1 saturated heterocycles. The number of ketones is 1. The van der Waals surface area contributed by atoms with Gasteiger partial charge < -0.3 is 24.5 Å². The molecule has 1 aliphatic heterocycles. The van der Waals surface area contributed by atoms with Gasteiger partial charge in [-0.15, -0.1) is 0 Å². The molecule has 0 unspecified atom stereocenters. The van der Waals surface area contributed by atoms with Gasteiger partial charge in [0, 0.05) is 19.2 Å². The Morgan fingerprint density at radius 1 is 1.07 bits per heavy atom. The summed E-state index contributed by atoms with van der Waals surface area (Å²) in [6, 6.07) is -0.0533. The van der Waals surface area contributed by atoms with Gasteiger partial charge in [0.15, 0.2) is 23.2 Å². The summed E-state index contributed by atoms with van der Waals surface area (Å²) in [5, 5.41) is 11.1. The second-order valence-electron chi connectivity index (χ2n) is 8.56. The fraction of sp³-hybridized carbons (Fsp3) is 0.391. The van der Waals surface area contributed by atoms with E-state index < -0.39 is 90.1 Å². The van der Waals surface area contributed by atoms with Crippen molar-refractivity contribution in [1.82, 2.24) is 15.1 Å². The van der Waals surface area contributed by atoms with Gasteiger partial charge in [0.25, 0.3) is 0 Å². The molecule has 3 rings (SSSR count). The number of hydrogen-bond donors (Lipinski definition) is 2. The normalized spacial score (nSPS) is 15.2. The average Bonchev–Trinajstić information content (AvgIpc) is 3.33. The summed E-state index contributed by atoms with van der Waals surface area (Å²) in [7, 11) is 0. The summed E-state index contributed by atoms with van der Waals surface area (Å²) in [4.78, 5) is 51.0. The van der Waals surface area contributed by atoms with Gasteiger partial charge in [0.05, 0.1) is 26.1 Å². The Kier molecular flexibility index (Phi) is 9.39. The number of halogens is 7. The summed E-state index contributed by atoms with van der Waals surface area (Å²) >= 11 is 0. The number of ether oxygens (including phenoxy) is 1. The van der Waals surface area contributed by atoms with Crippen LogP contribution in [0.15, 0.2) is 22.6 Å². The molecule has 0 radical (unpaired) electrons. The second-order valence-corrected chi connectivity index (χ2v) is 8.56. The maximum Gasteiger partial charge on any atom is 0.449 e. The molecule has 0 spiro atoms. The van der Waals surface area contributed by atoms with Gasteiger partial charge in [-0.1, -0.05) is 0 Å². The number of nitrogens with one attached hydrogen (secondary N) is 1. The fourth-order valence-electron chi connectivity index (χ4n) is 3.65. The highest BCUT2D eigenvalue weighted by Crippen LogP contribution is 2.31. The first-order valence-corrected chi connectivity index (χ1v) is 11.3. The topological polar surface area (TPSA) is 129 Å². The first kappa shape index (κ1) is 30.4. The van der Waals surface area contributed by atoms with Gasteiger partial charge in [0.2, 0.25) is 29.2 Å². The van der Waals surface area contributed by atoms with E-state index >= 15 is 0 Å². The summed E-state index contributed by atoms with van der Waals surface area (Å²) in [5.41, 5.74) is 0. The van der Waals surface area contributed by atoms with Crippen molar-refractivity contribution in [3.63, 3.8) is 0 Å². The molecule has 1 aromatic carbocycles. The molecule has 218 valence electrons. The van der Waals surface area contributed by atoms with Crippen molar-refractivity contribution >= 4 is 23.6 Å². The van der Waals surface area contributed by atoms with Crippen LogP contribution in [0.5, 0.6) is 5.75 Å². The molecule has 1 aliphatic rings. The Bertz CT molecular complexity index is 1270. The predicted octanol–water partition coefficient (Wildman–Crippen LogP) is 2.11. The van der Waals surface area contributed by atoms with Crippen LogP contribution in [0.4, 0.5) is 30.7 Å². The first-order chi connectivity index (χ1) is 18.6. The maximum absolute atomic E-state index is 13.7. The largest absolute Gasteiger partial charge is 0.481 e. The minimum atomic E-state index is -4.69. The minimum absolute atomic E-state index is 0.000806. The highest BCUT2D eigenvalue weighted by Gasteiger charge is 2.35. The van der Waals surface area contributed by atoms with Crippen LogP contribution < -0.4 is 10.1 Å². The molecular formula is C23H20F7N3O7. The summed E-state index contributed by atoms with van der Waals surface area (Å²) in [5.74, 6) is -14.6. The van der Waals surface area contributed by atoms with E-state index in [0.29, 0.717) is 0 Å². The number of hydrogen-bond acceptors (Lipinski definition) is 7. The highest BCUT2D eigenvalue weighted by molar-refractivity contribution is 5.93. The molecule has 1 aromatic heterocycles. The molecular weight excluding hydrogens is 563 g/mol. The van der Waals surface area contributed by atoms with Gasteiger partial charge in [-0.05, 0) is 12.1 Å². The zero-order valence-electron chi connectivity index (χ0n) is 20.2. The molecule has 1 atom stereocenters. The van der Waals surface area contributed by atoms with Gasteiger partial charge in [0.1, 0.15) is 18.4 Å². The number of carbonyl (C=O) groups excluding carboxylic acids is 3. The number of aliphatic carboxylic acids is 1. The van der Waals surface area contributed by atoms with E-state index in [-0.39, 0.29) is 38.0 Å². The summed E-state index contributed by atoms with van der Waals surface area (Å²) in [6.45, 7) is -2.27. The fourth-order valence-corrected chi connectivity index (χ4v) is 3.65. The van der Waals surface area contributed by atoms with E-state index in [1.165, 1.54) is 9.80 Å². The lowest BCUT2D eigenvalue weighted by molar-refractivity contribution is -0.153. The monoisotopic (exact) mass is 583 g/mol. The number of benzene rings is 1. The number of amides is 2. The zero-order chi connectivity index (χ0) is 29.8. The zero-order valence-corrected chi connectivity index (χ0v) is 20.2. The van der Waals surface area contributed by atoms with Gasteiger partial charge in [-0.2, -0.15) is 22.0 Å². The van der Waals surface area contributed by atoms with E-state index in [2.05, 4.69) is 10.1 Å². The van der Waals surface area contributed by atoms with Crippen LogP contribution in [0.3, 0.4) is 0 Å². The minimum Gasteiger partial charge on any atom is -0.481 e. The number of carboxylic acid groups (broad SMARTS) is 1. The number of piperazine rings is 1. The number of Topliss-reactive ketones (excluding diaryl/α,β-unsaturated/α-hetero) is 1. The number of alkyl halides is 3. The van der Waals surface area contributed by atoms with Crippen LogP contribution in [-0.2, 0) is 31.9 Å². The van der Waals surface area contributed by atoms with Crippen molar-refractivity contribution in [1.29, 1.82) is 0 Å². The molecule has 2 amide bonds. The Morgan fingerprint density at radius 3 is 2.27 bits per heavy atom. The lowest BCUT2D eigenvalue weighted by Crippen LogP contribution is -2.54. The molecule has 2 aromatic rings. The first-order valence-electron chi connectivity index (χ1n) is 11.3. The Balaban J connectivity index is 1.55. The van der Waals surface area contributed by atoms with Crippen molar-refractivity contribution in [2.45, 2.75) is 25.2 Å². The van der Waals surface area contributed by atoms with Crippen LogP contribution in [0.25, 0.3) is 0 Å².